The van der Waals surface area contributed by atoms with Crippen LogP contribution in [0.3, 0.4) is 0 Å². The Morgan fingerprint density at radius 2 is 2.15 bits per heavy atom. The second-order valence-corrected chi connectivity index (χ2v) is 6.49. The fourth-order valence-corrected chi connectivity index (χ4v) is 3.42. The van der Waals surface area contributed by atoms with Crippen LogP contribution in [0.1, 0.15) is 19.8 Å². The van der Waals surface area contributed by atoms with E-state index in [0.717, 1.165) is 18.2 Å². The summed E-state index contributed by atoms with van der Waals surface area (Å²) in [7, 11) is -3.56. The monoisotopic (exact) mass is 293 g/mol. The lowest BCUT2D eigenvalue weighted by Gasteiger charge is -2.13. The first-order chi connectivity index (χ1) is 9.54. The molecule has 0 saturated heterocycles. The quantitative estimate of drug-likeness (QED) is 0.848. The zero-order chi connectivity index (χ0) is 14.6. The SMILES string of the molecule is CCCC(N)CNS(=O)(=O)c1cccc2cnccc12. The molecule has 1 aromatic carbocycles. The second kappa shape index (κ2) is 6.30. The van der Waals surface area contributed by atoms with Gasteiger partial charge in [0.1, 0.15) is 0 Å². The van der Waals surface area contributed by atoms with Gasteiger partial charge in [-0.1, -0.05) is 25.5 Å². The van der Waals surface area contributed by atoms with E-state index >= 15 is 0 Å². The van der Waals surface area contributed by atoms with Crippen molar-refractivity contribution in [3.63, 3.8) is 0 Å². The zero-order valence-corrected chi connectivity index (χ0v) is 12.2. The molecule has 108 valence electrons. The Labute approximate surface area is 119 Å². The summed E-state index contributed by atoms with van der Waals surface area (Å²) in [4.78, 5) is 4.26. The van der Waals surface area contributed by atoms with Crippen LogP contribution in [-0.4, -0.2) is 26.0 Å². The number of hydrogen-bond acceptors (Lipinski definition) is 4. The van der Waals surface area contributed by atoms with Crippen molar-refractivity contribution in [3.05, 3.63) is 36.7 Å². The highest BCUT2D eigenvalue weighted by atomic mass is 32.2. The number of hydrogen-bond donors (Lipinski definition) is 2. The van der Waals surface area contributed by atoms with Crippen molar-refractivity contribution in [1.82, 2.24) is 9.71 Å². The van der Waals surface area contributed by atoms with E-state index in [-0.39, 0.29) is 17.5 Å². The third-order valence-electron chi connectivity index (χ3n) is 3.13. The lowest BCUT2D eigenvalue weighted by Crippen LogP contribution is -2.37. The minimum absolute atomic E-state index is 0.161. The standard InChI is InChI=1S/C14H19N3O2S/c1-2-4-12(15)10-17-20(18,19)14-6-3-5-11-9-16-8-7-13(11)14/h3,5-9,12,17H,2,4,10,15H2,1H3. The van der Waals surface area contributed by atoms with Gasteiger partial charge in [0.05, 0.1) is 4.90 Å². The van der Waals surface area contributed by atoms with E-state index in [4.69, 9.17) is 5.73 Å². The van der Waals surface area contributed by atoms with Crippen LogP contribution in [0.2, 0.25) is 0 Å². The predicted octanol–water partition coefficient (Wildman–Crippen LogP) is 1.64. The molecular formula is C14H19N3O2S. The van der Waals surface area contributed by atoms with Gasteiger partial charge in [-0.15, -0.1) is 0 Å². The number of nitrogens with zero attached hydrogens (tertiary/aromatic N) is 1. The topological polar surface area (TPSA) is 85.1 Å². The predicted molar refractivity (Wildman–Crippen MR) is 79.8 cm³/mol. The van der Waals surface area contributed by atoms with Crippen LogP contribution in [0.5, 0.6) is 0 Å². The minimum Gasteiger partial charge on any atom is -0.327 e. The number of aromatic nitrogens is 1. The normalized spacial score (nSPS) is 13.5. The maximum Gasteiger partial charge on any atom is 0.241 e. The molecule has 0 bridgehead atoms. The number of rotatable bonds is 6. The molecule has 0 amide bonds. The van der Waals surface area contributed by atoms with Gasteiger partial charge < -0.3 is 5.73 Å². The van der Waals surface area contributed by atoms with Gasteiger partial charge >= 0.3 is 0 Å². The van der Waals surface area contributed by atoms with E-state index in [1.807, 2.05) is 13.0 Å². The molecule has 1 aromatic heterocycles. The smallest absolute Gasteiger partial charge is 0.241 e. The second-order valence-electron chi connectivity index (χ2n) is 4.75. The van der Waals surface area contributed by atoms with E-state index in [1.54, 1.807) is 30.6 Å². The summed E-state index contributed by atoms with van der Waals surface area (Å²) in [5.41, 5.74) is 5.85. The molecule has 0 aliphatic carbocycles. The molecule has 2 rings (SSSR count). The summed E-state index contributed by atoms with van der Waals surface area (Å²) < 4.78 is 27.3. The maximum atomic E-state index is 12.4. The first-order valence-corrected chi connectivity index (χ1v) is 8.11. The average molecular weight is 293 g/mol. The molecule has 20 heavy (non-hydrogen) atoms. The van der Waals surface area contributed by atoms with Crippen LogP contribution in [0.25, 0.3) is 10.8 Å². The van der Waals surface area contributed by atoms with Crippen molar-refractivity contribution < 1.29 is 8.42 Å². The van der Waals surface area contributed by atoms with E-state index in [9.17, 15) is 8.42 Å². The lowest BCUT2D eigenvalue weighted by atomic mass is 10.2. The molecule has 2 aromatic rings. The summed E-state index contributed by atoms with van der Waals surface area (Å²) >= 11 is 0. The van der Waals surface area contributed by atoms with Gasteiger partial charge in [-0.3, -0.25) is 4.98 Å². The van der Waals surface area contributed by atoms with E-state index in [0.29, 0.717) is 5.39 Å². The van der Waals surface area contributed by atoms with Gasteiger partial charge in [-0.2, -0.15) is 0 Å². The van der Waals surface area contributed by atoms with Crippen LogP contribution in [0.15, 0.2) is 41.6 Å². The van der Waals surface area contributed by atoms with E-state index in [2.05, 4.69) is 9.71 Å². The number of sulfonamides is 1. The third-order valence-corrected chi connectivity index (χ3v) is 4.61. The Bertz CT molecular complexity index is 680. The van der Waals surface area contributed by atoms with Crippen molar-refractivity contribution in [2.75, 3.05) is 6.54 Å². The Kier molecular flexibility index (Phi) is 4.69. The molecule has 0 aliphatic heterocycles. The van der Waals surface area contributed by atoms with Crippen LogP contribution >= 0.6 is 0 Å². The number of benzene rings is 1. The number of nitrogens with one attached hydrogen (secondary N) is 1. The Morgan fingerprint density at radius 1 is 1.35 bits per heavy atom. The molecule has 0 spiro atoms. The van der Waals surface area contributed by atoms with Crippen molar-refractivity contribution in [2.45, 2.75) is 30.7 Å². The summed E-state index contributed by atoms with van der Waals surface area (Å²) in [5.74, 6) is 0. The first-order valence-electron chi connectivity index (χ1n) is 6.62. The fourth-order valence-electron chi connectivity index (χ4n) is 2.09. The Balaban J connectivity index is 2.28. The van der Waals surface area contributed by atoms with Gasteiger partial charge in [0.15, 0.2) is 0 Å². The average Bonchev–Trinajstić information content (AvgIpc) is 2.45. The third kappa shape index (κ3) is 3.33. The maximum absolute atomic E-state index is 12.4. The molecule has 3 N–H and O–H groups in total. The molecule has 0 aliphatic rings. The molecule has 5 nitrogen and oxygen atoms in total. The summed E-state index contributed by atoms with van der Waals surface area (Å²) in [5, 5.41) is 1.47. The molecule has 1 heterocycles. The van der Waals surface area contributed by atoms with Gasteiger partial charge in [-0.05, 0) is 18.6 Å². The van der Waals surface area contributed by atoms with Crippen molar-refractivity contribution in [2.24, 2.45) is 5.73 Å². The highest BCUT2D eigenvalue weighted by Crippen LogP contribution is 2.21. The molecular weight excluding hydrogens is 274 g/mol. The molecule has 1 atom stereocenters. The fraction of sp³-hybridized carbons (Fsp3) is 0.357. The number of nitrogens with two attached hydrogens (primary N) is 1. The molecule has 6 heteroatoms. The van der Waals surface area contributed by atoms with Gasteiger partial charge in [-0.25, -0.2) is 13.1 Å². The number of fused-ring (bicyclic) bond motifs is 1. The molecule has 0 radical (unpaired) electrons. The van der Waals surface area contributed by atoms with Crippen LogP contribution < -0.4 is 10.5 Å². The molecule has 0 saturated carbocycles. The van der Waals surface area contributed by atoms with Crippen LogP contribution in [-0.2, 0) is 10.0 Å². The highest BCUT2D eigenvalue weighted by Gasteiger charge is 2.17. The lowest BCUT2D eigenvalue weighted by molar-refractivity contribution is 0.553. The minimum atomic E-state index is -3.56. The highest BCUT2D eigenvalue weighted by molar-refractivity contribution is 7.89. The van der Waals surface area contributed by atoms with Crippen LogP contribution in [0.4, 0.5) is 0 Å². The van der Waals surface area contributed by atoms with Crippen molar-refractivity contribution in [3.8, 4) is 0 Å². The van der Waals surface area contributed by atoms with Crippen molar-refractivity contribution >= 4 is 20.8 Å². The van der Waals surface area contributed by atoms with Crippen LogP contribution in [0, 0.1) is 0 Å². The summed E-state index contributed by atoms with van der Waals surface area (Å²) in [6, 6.07) is 6.69. The van der Waals surface area contributed by atoms with Gasteiger partial charge in [0.2, 0.25) is 10.0 Å². The summed E-state index contributed by atoms with van der Waals surface area (Å²) in [6.07, 6.45) is 4.96. The first kappa shape index (κ1) is 14.9. The Hall–Kier alpha value is -1.50. The number of pyridine rings is 1. The Morgan fingerprint density at radius 3 is 2.90 bits per heavy atom. The van der Waals surface area contributed by atoms with Gasteiger partial charge in [0.25, 0.3) is 0 Å². The molecule has 1 unspecified atom stereocenters. The summed E-state index contributed by atoms with van der Waals surface area (Å²) in [6.45, 7) is 2.27. The van der Waals surface area contributed by atoms with Crippen molar-refractivity contribution in [1.29, 1.82) is 0 Å². The zero-order valence-electron chi connectivity index (χ0n) is 11.4. The molecule has 0 fully saturated rings. The van der Waals surface area contributed by atoms with E-state index < -0.39 is 10.0 Å². The van der Waals surface area contributed by atoms with Gasteiger partial charge in [0, 0.05) is 35.8 Å². The van der Waals surface area contributed by atoms with E-state index in [1.165, 1.54) is 0 Å². The largest absolute Gasteiger partial charge is 0.327 e.